The van der Waals surface area contributed by atoms with Crippen molar-refractivity contribution in [2.45, 2.75) is 37.8 Å². The fraction of sp³-hybridized carbons (Fsp3) is 0.261. The van der Waals surface area contributed by atoms with Crippen LogP contribution in [0.15, 0.2) is 42.7 Å². The molecule has 5 rings (SSSR count). The van der Waals surface area contributed by atoms with Gasteiger partial charge >= 0.3 is 0 Å². The molecule has 4 aromatic heterocycles. The number of nitriles is 1. The molecule has 0 unspecified atom stereocenters. The van der Waals surface area contributed by atoms with Gasteiger partial charge in [-0.15, -0.1) is 11.3 Å². The predicted molar refractivity (Wildman–Crippen MR) is 124 cm³/mol. The van der Waals surface area contributed by atoms with Gasteiger partial charge in [-0.1, -0.05) is 11.6 Å². The first-order valence-electron chi connectivity index (χ1n) is 10.5. The molecular weight excluding hydrogens is 463 g/mol. The van der Waals surface area contributed by atoms with Crippen LogP contribution < -0.4 is 5.32 Å². The Balaban J connectivity index is 1.51. The molecule has 0 bridgehead atoms. The first-order valence-corrected chi connectivity index (χ1v) is 11.7. The second-order valence-corrected chi connectivity index (χ2v) is 9.62. The molecule has 1 aliphatic carbocycles. The van der Waals surface area contributed by atoms with Crippen LogP contribution in [-0.2, 0) is 0 Å². The number of aromatic nitrogens is 4. The van der Waals surface area contributed by atoms with E-state index in [1.54, 1.807) is 24.4 Å². The van der Waals surface area contributed by atoms with Crippen LogP contribution in [0.25, 0.3) is 22.6 Å². The van der Waals surface area contributed by atoms with Gasteiger partial charge in [0, 0.05) is 24.3 Å². The summed E-state index contributed by atoms with van der Waals surface area (Å²) in [5, 5.41) is 12.3. The van der Waals surface area contributed by atoms with E-state index in [1.807, 2.05) is 10.6 Å². The minimum absolute atomic E-state index is 0.0490. The average molecular weight is 481 g/mol. The van der Waals surface area contributed by atoms with Crippen LogP contribution in [0, 0.1) is 17.1 Å². The second kappa shape index (κ2) is 8.89. The molecular formula is C23H18ClFN6OS. The van der Waals surface area contributed by atoms with Gasteiger partial charge in [0.25, 0.3) is 5.91 Å². The number of amides is 1. The summed E-state index contributed by atoms with van der Waals surface area (Å²) in [6.07, 6.45) is 6.34. The lowest BCUT2D eigenvalue weighted by Crippen LogP contribution is -2.38. The van der Waals surface area contributed by atoms with Crippen LogP contribution in [0.1, 0.15) is 47.1 Å². The number of pyridine rings is 2. The van der Waals surface area contributed by atoms with Crippen LogP contribution in [0.3, 0.4) is 0 Å². The Bertz CT molecular complexity index is 1390. The Morgan fingerprint density at radius 2 is 2.18 bits per heavy atom. The monoisotopic (exact) mass is 480 g/mol. The van der Waals surface area contributed by atoms with Crippen molar-refractivity contribution >= 4 is 39.9 Å². The summed E-state index contributed by atoms with van der Waals surface area (Å²) in [5.41, 5.74) is 1.65. The van der Waals surface area contributed by atoms with Gasteiger partial charge < -0.3 is 9.88 Å². The second-order valence-electron chi connectivity index (χ2n) is 7.90. The van der Waals surface area contributed by atoms with E-state index in [1.165, 1.54) is 29.7 Å². The predicted octanol–water partition coefficient (Wildman–Crippen LogP) is 5.13. The zero-order valence-corrected chi connectivity index (χ0v) is 18.9. The zero-order valence-electron chi connectivity index (χ0n) is 17.3. The van der Waals surface area contributed by atoms with Crippen LogP contribution in [0.2, 0.25) is 4.34 Å². The third kappa shape index (κ3) is 4.19. The van der Waals surface area contributed by atoms with Crippen molar-refractivity contribution < 1.29 is 9.18 Å². The van der Waals surface area contributed by atoms with Gasteiger partial charge in [-0.3, -0.25) is 4.79 Å². The van der Waals surface area contributed by atoms with Crippen molar-refractivity contribution in [1.82, 2.24) is 24.8 Å². The molecule has 10 heteroatoms. The molecule has 4 heterocycles. The molecule has 0 saturated heterocycles. The highest BCUT2D eigenvalue weighted by Crippen LogP contribution is 2.36. The van der Waals surface area contributed by atoms with E-state index in [0.29, 0.717) is 32.5 Å². The summed E-state index contributed by atoms with van der Waals surface area (Å²) < 4.78 is 17.2. The van der Waals surface area contributed by atoms with E-state index in [9.17, 15) is 14.4 Å². The lowest BCUT2D eigenvalue weighted by Gasteiger charge is -2.31. The number of rotatable bonds is 4. The van der Waals surface area contributed by atoms with Crippen LogP contribution in [0.5, 0.6) is 0 Å². The van der Waals surface area contributed by atoms with Crippen molar-refractivity contribution in [3.05, 3.63) is 63.5 Å². The largest absolute Gasteiger partial charge is 0.349 e. The lowest BCUT2D eigenvalue weighted by atomic mass is 9.90. The Kier molecular flexibility index (Phi) is 5.79. The minimum Gasteiger partial charge on any atom is -0.349 e. The number of imidazole rings is 1. The summed E-state index contributed by atoms with van der Waals surface area (Å²) in [6, 6.07) is 9.81. The van der Waals surface area contributed by atoms with Gasteiger partial charge in [-0.2, -0.15) is 5.26 Å². The number of nitrogens with one attached hydrogen (secondary N) is 1. The maximum atomic E-state index is 14.7. The molecule has 0 aliphatic heterocycles. The molecule has 7 nitrogen and oxygen atoms in total. The number of thiophene rings is 1. The highest BCUT2D eigenvalue weighted by molar-refractivity contribution is 7.18. The number of nitrogens with zero attached hydrogens (tertiary/aromatic N) is 5. The SMILES string of the molecule is N#Cc1cc2nc(-c3ncccc3F)n([C@H]3CCC[C@@H](NC(=O)c4ccc(Cl)s4)C3)c2cn1. The standard InChI is InChI=1S/C23H18ClFN6OS/c24-20-7-6-19(33-20)23(32)29-13-3-1-4-15(9-13)31-18-12-28-14(11-26)10-17(18)30-22(31)21-16(25)5-2-8-27-21/h2,5-8,10,12-13,15H,1,3-4,9H2,(H,29,32)/t13-,15+/m1/s1. The molecule has 4 aromatic rings. The first-order chi connectivity index (χ1) is 16.0. The van der Waals surface area contributed by atoms with Crippen molar-refractivity contribution in [2.75, 3.05) is 0 Å². The summed E-state index contributed by atoms with van der Waals surface area (Å²) >= 11 is 7.21. The molecule has 1 aliphatic rings. The van der Waals surface area contributed by atoms with Gasteiger partial charge in [-0.25, -0.2) is 19.3 Å². The molecule has 0 spiro atoms. The minimum atomic E-state index is -0.474. The summed E-state index contributed by atoms with van der Waals surface area (Å²) in [4.78, 5) is 26.3. The molecule has 166 valence electrons. The number of hydrogen-bond donors (Lipinski definition) is 1. The van der Waals surface area contributed by atoms with E-state index >= 15 is 0 Å². The fourth-order valence-corrected chi connectivity index (χ4v) is 5.31. The topological polar surface area (TPSA) is 96.5 Å². The molecule has 0 radical (unpaired) electrons. The molecule has 1 amide bonds. The van der Waals surface area contributed by atoms with E-state index in [0.717, 1.165) is 19.3 Å². The smallest absolute Gasteiger partial charge is 0.261 e. The van der Waals surface area contributed by atoms with Crippen molar-refractivity contribution in [3.63, 3.8) is 0 Å². The normalized spacial score (nSPS) is 18.2. The summed E-state index contributed by atoms with van der Waals surface area (Å²) in [6.45, 7) is 0. The van der Waals surface area contributed by atoms with Crippen LogP contribution in [0.4, 0.5) is 4.39 Å². The Morgan fingerprint density at radius 3 is 2.94 bits per heavy atom. The number of hydrogen-bond acceptors (Lipinski definition) is 6. The zero-order chi connectivity index (χ0) is 22.9. The maximum absolute atomic E-state index is 14.7. The Hall–Kier alpha value is -3.35. The van der Waals surface area contributed by atoms with Crippen LogP contribution >= 0.6 is 22.9 Å². The number of carbonyl (C=O) groups excluding carboxylic acids is 1. The maximum Gasteiger partial charge on any atom is 0.261 e. The molecule has 33 heavy (non-hydrogen) atoms. The van der Waals surface area contributed by atoms with Crippen molar-refractivity contribution in [3.8, 4) is 17.6 Å². The molecule has 1 N–H and O–H groups in total. The number of halogens is 2. The van der Waals surface area contributed by atoms with Crippen LogP contribution in [-0.4, -0.2) is 31.5 Å². The van der Waals surface area contributed by atoms with Crippen molar-refractivity contribution in [1.29, 1.82) is 5.26 Å². The quantitative estimate of drug-likeness (QED) is 0.436. The van der Waals surface area contributed by atoms with E-state index in [2.05, 4.69) is 20.3 Å². The van der Waals surface area contributed by atoms with Crippen molar-refractivity contribution in [2.24, 2.45) is 0 Å². The number of fused-ring (bicyclic) bond motifs is 1. The molecule has 1 saturated carbocycles. The van der Waals surface area contributed by atoms with Gasteiger partial charge in [0.15, 0.2) is 11.6 Å². The highest BCUT2D eigenvalue weighted by Gasteiger charge is 2.29. The van der Waals surface area contributed by atoms with Gasteiger partial charge in [-0.05, 0) is 49.9 Å². The fourth-order valence-electron chi connectivity index (χ4n) is 4.37. The third-order valence-corrected chi connectivity index (χ3v) is 7.03. The number of carbonyl (C=O) groups is 1. The Morgan fingerprint density at radius 1 is 1.30 bits per heavy atom. The van der Waals surface area contributed by atoms with E-state index in [-0.39, 0.29) is 29.4 Å². The lowest BCUT2D eigenvalue weighted by molar-refractivity contribution is 0.0925. The summed E-state index contributed by atoms with van der Waals surface area (Å²) in [5.74, 6) is -0.232. The Labute approximate surface area is 197 Å². The van der Waals surface area contributed by atoms with Gasteiger partial charge in [0.2, 0.25) is 0 Å². The van der Waals surface area contributed by atoms with E-state index in [4.69, 9.17) is 11.6 Å². The van der Waals surface area contributed by atoms with Gasteiger partial charge in [0.05, 0.1) is 26.4 Å². The molecule has 0 aromatic carbocycles. The highest BCUT2D eigenvalue weighted by atomic mass is 35.5. The molecule has 2 atom stereocenters. The average Bonchev–Trinajstić information content (AvgIpc) is 3.42. The first kappa shape index (κ1) is 21.5. The van der Waals surface area contributed by atoms with E-state index < -0.39 is 5.82 Å². The third-order valence-electron chi connectivity index (χ3n) is 5.80. The van der Waals surface area contributed by atoms with Gasteiger partial charge in [0.1, 0.15) is 17.5 Å². The summed E-state index contributed by atoms with van der Waals surface area (Å²) in [7, 11) is 0. The molecule has 1 fully saturated rings.